The summed E-state index contributed by atoms with van der Waals surface area (Å²) < 4.78 is 10.6. The first-order chi connectivity index (χ1) is 13.5. The number of nitrogens with one attached hydrogen (secondary N) is 2. The molecule has 2 N–H and O–H groups in total. The molecule has 2 aromatic rings. The molecule has 2 aromatic carbocycles. The van der Waals surface area contributed by atoms with Crippen molar-refractivity contribution >= 4 is 23.4 Å². The van der Waals surface area contributed by atoms with Crippen LogP contribution < -0.4 is 25.2 Å². The number of hydrazine groups is 1. The normalized spacial score (nSPS) is 17.5. The van der Waals surface area contributed by atoms with Crippen molar-refractivity contribution in [3.8, 4) is 11.5 Å². The topological polar surface area (TPSA) is 97.0 Å². The van der Waals surface area contributed by atoms with Crippen LogP contribution in [0, 0.1) is 12.8 Å². The van der Waals surface area contributed by atoms with E-state index in [0.717, 1.165) is 5.56 Å². The summed E-state index contributed by atoms with van der Waals surface area (Å²) in [6.07, 6.45) is 0.0701. The van der Waals surface area contributed by atoms with E-state index in [-0.39, 0.29) is 25.7 Å². The Kier molecular flexibility index (Phi) is 4.60. The molecule has 28 heavy (non-hydrogen) atoms. The van der Waals surface area contributed by atoms with E-state index in [1.807, 2.05) is 19.1 Å². The Bertz CT molecular complexity index is 941. The molecule has 2 aliphatic heterocycles. The average molecular weight is 381 g/mol. The quantitative estimate of drug-likeness (QED) is 0.786. The van der Waals surface area contributed by atoms with Crippen molar-refractivity contribution in [1.29, 1.82) is 0 Å². The number of carbonyl (C=O) groups is 3. The van der Waals surface area contributed by atoms with Gasteiger partial charge >= 0.3 is 0 Å². The standard InChI is InChI=1S/C20H19N3O5/c1-12-2-4-13(5-3-12)19(25)21-22-20(26)14-8-18(24)23(10-14)15-6-7-16-17(9-15)28-11-27-16/h2-7,9,14H,8,10-11H2,1H3,(H,21,25)(H,22,26)/t14-/m1/s1. The van der Waals surface area contributed by atoms with Crippen molar-refractivity contribution < 1.29 is 23.9 Å². The van der Waals surface area contributed by atoms with E-state index in [1.165, 1.54) is 4.90 Å². The summed E-state index contributed by atoms with van der Waals surface area (Å²) in [6.45, 7) is 2.30. The molecule has 1 fully saturated rings. The lowest BCUT2D eigenvalue weighted by molar-refractivity contribution is -0.126. The predicted molar refractivity (Wildman–Crippen MR) is 99.8 cm³/mol. The number of hydrogen-bond acceptors (Lipinski definition) is 5. The molecule has 3 amide bonds. The Hall–Kier alpha value is -3.55. The minimum absolute atomic E-state index is 0.0701. The summed E-state index contributed by atoms with van der Waals surface area (Å²) in [5, 5.41) is 0. The van der Waals surface area contributed by atoms with E-state index >= 15 is 0 Å². The second kappa shape index (κ2) is 7.22. The summed E-state index contributed by atoms with van der Waals surface area (Å²) in [5.41, 5.74) is 6.93. The number of anilines is 1. The molecule has 4 rings (SSSR count). The number of rotatable bonds is 3. The first-order valence-corrected chi connectivity index (χ1v) is 8.88. The molecule has 8 heteroatoms. The molecule has 0 saturated carbocycles. The van der Waals surface area contributed by atoms with Crippen molar-refractivity contribution in [3.63, 3.8) is 0 Å². The Morgan fingerprint density at radius 2 is 1.79 bits per heavy atom. The monoisotopic (exact) mass is 381 g/mol. The molecule has 0 aliphatic carbocycles. The highest BCUT2D eigenvalue weighted by molar-refractivity contribution is 6.01. The SMILES string of the molecule is Cc1ccc(C(=O)NNC(=O)[C@@H]2CC(=O)N(c3ccc4c(c3)OCO4)C2)cc1. The average Bonchev–Trinajstić information content (AvgIpc) is 3.32. The highest BCUT2D eigenvalue weighted by atomic mass is 16.7. The number of carbonyl (C=O) groups excluding carboxylic acids is 3. The zero-order valence-corrected chi connectivity index (χ0v) is 15.2. The third-order valence-electron chi connectivity index (χ3n) is 4.78. The van der Waals surface area contributed by atoms with Crippen molar-refractivity contribution in [1.82, 2.24) is 10.9 Å². The molecular weight excluding hydrogens is 362 g/mol. The minimum Gasteiger partial charge on any atom is -0.454 e. The van der Waals surface area contributed by atoms with Gasteiger partial charge in [-0.15, -0.1) is 0 Å². The minimum atomic E-state index is -0.559. The van der Waals surface area contributed by atoms with Gasteiger partial charge in [-0.2, -0.15) is 0 Å². The maximum absolute atomic E-state index is 12.4. The molecule has 0 aromatic heterocycles. The van der Waals surface area contributed by atoms with Crippen LogP contribution in [0.25, 0.3) is 0 Å². The lowest BCUT2D eigenvalue weighted by Crippen LogP contribution is -2.45. The van der Waals surface area contributed by atoms with Crippen LogP contribution in [-0.2, 0) is 9.59 Å². The van der Waals surface area contributed by atoms with Crippen molar-refractivity contribution in [2.75, 3.05) is 18.2 Å². The van der Waals surface area contributed by atoms with Gasteiger partial charge in [-0.3, -0.25) is 25.2 Å². The Labute approximate surface area is 161 Å². The van der Waals surface area contributed by atoms with Crippen LogP contribution in [0.1, 0.15) is 22.3 Å². The number of amides is 3. The number of benzene rings is 2. The first kappa shape index (κ1) is 17.8. The predicted octanol–water partition coefficient (Wildman–Crippen LogP) is 1.54. The third kappa shape index (κ3) is 3.48. The van der Waals surface area contributed by atoms with Crippen molar-refractivity contribution in [2.45, 2.75) is 13.3 Å². The molecule has 0 bridgehead atoms. The second-order valence-corrected chi connectivity index (χ2v) is 6.75. The van der Waals surface area contributed by atoms with E-state index in [4.69, 9.17) is 9.47 Å². The molecule has 2 heterocycles. The van der Waals surface area contributed by atoms with Crippen LogP contribution in [0.2, 0.25) is 0 Å². The number of hydrogen-bond donors (Lipinski definition) is 2. The Morgan fingerprint density at radius 1 is 1.04 bits per heavy atom. The molecular formula is C20H19N3O5. The van der Waals surface area contributed by atoms with Gasteiger partial charge < -0.3 is 14.4 Å². The number of aryl methyl sites for hydroxylation is 1. The molecule has 0 radical (unpaired) electrons. The second-order valence-electron chi connectivity index (χ2n) is 6.75. The van der Waals surface area contributed by atoms with Crippen molar-refractivity contribution in [2.24, 2.45) is 5.92 Å². The van der Waals surface area contributed by atoms with E-state index in [1.54, 1.807) is 30.3 Å². The Morgan fingerprint density at radius 3 is 2.57 bits per heavy atom. The van der Waals surface area contributed by atoms with Gasteiger partial charge in [-0.25, -0.2) is 0 Å². The molecule has 1 atom stereocenters. The highest BCUT2D eigenvalue weighted by Gasteiger charge is 2.36. The van der Waals surface area contributed by atoms with Gasteiger partial charge in [0.25, 0.3) is 5.91 Å². The molecule has 1 saturated heterocycles. The fraction of sp³-hybridized carbons (Fsp3) is 0.250. The number of fused-ring (bicyclic) bond motifs is 1. The van der Waals surface area contributed by atoms with Crippen LogP contribution >= 0.6 is 0 Å². The summed E-state index contributed by atoms with van der Waals surface area (Å²) >= 11 is 0. The fourth-order valence-corrected chi connectivity index (χ4v) is 3.18. The van der Waals surface area contributed by atoms with Crippen LogP contribution in [0.15, 0.2) is 42.5 Å². The lowest BCUT2D eigenvalue weighted by Gasteiger charge is -2.17. The van der Waals surface area contributed by atoms with Gasteiger partial charge in [-0.05, 0) is 31.2 Å². The number of nitrogens with zero attached hydrogens (tertiary/aromatic N) is 1. The molecule has 144 valence electrons. The molecule has 0 unspecified atom stereocenters. The van der Waals surface area contributed by atoms with Crippen LogP contribution in [0.3, 0.4) is 0 Å². The van der Waals surface area contributed by atoms with Gasteiger partial charge in [0, 0.05) is 30.3 Å². The highest BCUT2D eigenvalue weighted by Crippen LogP contribution is 2.37. The van der Waals surface area contributed by atoms with E-state index in [0.29, 0.717) is 22.7 Å². The summed E-state index contributed by atoms with van der Waals surface area (Å²) in [6, 6.07) is 12.2. The first-order valence-electron chi connectivity index (χ1n) is 8.88. The largest absolute Gasteiger partial charge is 0.454 e. The summed E-state index contributed by atoms with van der Waals surface area (Å²) in [5.74, 6) is -0.338. The fourth-order valence-electron chi connectivity index (χ4n) is 3.18. The van der Waals surface area contributed by atoms with Crippen molar-refractivity contribution in [3.05, 3.63) is 53.6 Å². The maximum atomic E-state index is 12.4. The van der Waals surface area contributed by atoms with Gasteiger partial charge in [0.15, 0.2) is 11.5 Å². The van der Waals surface area contributed by atoms with E-state index in [2.05, 4.69) is 10.9 Å². The Balaban J connectivity index is 1.36. The van der Waals surface area contributed by atoms with Gasteiger partial charge in [0.1, 0.15) is 0 Å². The zero-order chi connectivity index (χ0) is 19.7. The summed E-state index contributed by atoms with van der Waals surface area (Å²) in [4.78, 5) is 38.4. The maximum Gasteiger partial charge on any atom is 0.269 e. The lowest BCUT2D eigenvalue weighted by atomic mass is 10.1. The van der Waals surface area contributed by atoms with Gasteiger partial charge in [0.2, 0.25) is 18.6 Å². The van der Waals surface area contributed by atoms with E-state index in [9.17, 15) is 14.4 Å². The summed E-state index contributed by atoms with van der Waals surface area (Å²) in [7, 11) is 0. The van der Waals surface area contributed by atoms with Crippen LogP contribution in [0.5, 0.6) is 11.5 Å². The smallest absolute Gasteiger partial charge is 0.269 e. The van der Waals surface area contributed by atoms with E-state index < -0.39 is 17.7 Å². The zero-order valence-electron chi connectivity index (χ0n) is 15.2. The third-order valence-corrected chi connectivity index (χ3v) is 4.78. The van der Waals surface area contributed by atoms with Crippen LogP contribution in [-0.4, -0.2) is 31.1 Å². The molecule has 0 spiro atoms. The van der Waals surface area contributed by atoms with Gasteiger partial charge in [0.05, 0.1) is 5.92 Å². The van der Waals surface area contributed by atoms with Crippen LogP contribution in [0.4, 0.5) is 5.69 Å². The molecule has 8 nitrogen and oxygen atoms in total. The molecule has 2 aliphatic rings. The number of ether oxygens (including phenoxy) is 2. The van der Waals surface area contributed by atoms with Gasteiger partial charge in [-0.1, -0.05) is 17.7 Å².